The lowest BCUT2D eigenvalue weighted by Gasteiger charge is -2.17. The molecule has 0 unspecified atom stereocenters. The minimum Gasteiger partial charge on any atom is -0.507 e. The molecule has 0 saturated heterocycles. The molecular formula is C16H16ClNO3. The summed E-state index contributed by atoms with van der Waals surface area (Å²) in [6.45, 7) is -0.192. The summed E-state index contributed by atoms with van der Waals surface area (Å²) in [5, 5.41) is 22.2. The predicted octanol–water partition coefficient (Wildman–Crippen LogP) is 2.38. The van der Waals surface area contributed by atoms with Crippen LogP contribution in [0.4, 0.5) is 0 Å². The minimum atomic E-state index is -0.468. The number of rotatable bonds is 5. The highest BCUT2D eigenvalue weighted by atomic mass is 35.5. The van der Waals surface area contributed by atoms with E-state index in [9.17, 15) is 15.0 Å². The molecule has 21 heavy (non-hydrogen) atoms. The van der Waals surface area contributed by atoms with Crippen LogP contribution in [0, 0.1) is 0 Å². The lowest BCUT2D eigenvalue weighted by atomic mass is 10.1. The standard InChI is InChI=1S/C16H16ClNO3/c17-12-6-7-15(20)14(9-12)16(21)18-13(10-19)8-11-4-2-1-3-5-11/h1-7,9,13,19-20H,8,10H2,(H,18,21)/t13-/m1/s1. The van der Waals surface area contributed by atoms with Crippen LogP contribution in [0.5, 0.6) is 5.75 Å². The molecule has 1 atom stereocenters. The molecule has 2 rings (SSSR count). The monoisotopic (exact) mass is 305 g/mol. The minimum absolute atomic E-state index is 0.0917. The summed E-state index contributed by atoms with van der Waals surface area (Å²) in [5.74, 6) is -0.613. The van der Waals surface area contributed by atoms with E-state index in [1.165, 1.54) is 18.2 Å². The number of aromatic hydroxyl groups is 1. The van der Waals surface area contributed by atoms with Crippen LogP contribution in [0.3, 0.4) is 0 Å². The van der Waals surface area contributed by atoms with Gasteiger partial charge in [-0.15, -0.1) is 0 Å². The van der Waals surface area contributed by atoms with E-state index in [1.807, 2.05) is 30.3 Å². The van der Waals surface area contributed by atoms with E-state index in [0.29, 0.717) is 11.4 Å². The Labute approximate surface area is 128 Å². The van der Waals surface area contributed by atoms with Gasteiger partial charge in [-0.3, -0.25) is 4.79 Å². The zero-order valence-corrected chi connectivity index (χ0v) is 12.0. The SMILES string of the molecule is O=C(N[C@@H](CO)Cc1ccccc1)c1cc(Cl)ccc1O. The van der Waals surface area contributed by atoms with Crippen LogP contribution < -0.4 is 5.32 Å². The van der Waals surface area contributed by atoms with Crippen molar-refractivity contribution in [3.05, 3.63) is 64.7 Å². The Morgan fingerprint density at radius 1 is 1.19 bits per heavy atom. The molecule has 5 heteroatoms. The van der Waals surface area contributed by atoms with Crippen molar-refractivity contribution >= 4 is 17.5 Å². The summed E-state index contributed by atoms with van der Waals surface area (Å²) < 4.78 is 0. The molecule has 3 N–H and O–H groups in total. The van der Waals surface area contributed by atoms with Gasteiger partial charge in [0.25, 0.3) is 5.91 Å². The maximum atomic E-state index is 12.1. The van der Waals surface area contributed by atoms with Gasteiger partial charge in [-0.2, -0.15) is 0 Å². The number of aliphatic hydroxyl groups excluding tert-OH is 1. The maximum absolute atomic E-state index is 12.1. The smallest absolute Gasteiger partial charge is 0.255 e. The average Bonchev–Trinajstić information content (AvgIpc) is 2.50. The van der Waals surface area contributed by atoms with Gasteiger partial charge in [0.05, 0.1) is 18.2 Å². The second-order valence-corrected chi connectivity index (χ2v) is 5.14. The molecule has 0 radical (unpaired) electrons. The fourth-order valence-electron chi connectivity index (χ4n) is 2.01. The molecule has 1 amide bonds. The van der Waals surface area contributed by atoms with Gasteiger partial charge < -0.3 is 15.5 Å². The first-order valence-electron chi connectivity index (χ1n) is 6.54. The second kappa shape index (κ2) is 7.11. The molecule has 0 aliphatic heterocycles. The summed E-state index contributed by atoms with van der Waals surface area (Å²) in [7, 11) is 0. The van der Waals surface area contributed by atoms with E-state index in [1.54, 1.807) is 0 Å². The quantitative estimate of drug-likeness (QED) is 0.794. The molecule has 2 aromatic rings. The van der Waals surface area contributed by atoms with Crippen molar-refractivity contribution in [3.8, 4) is 5.75 Å². The van der Waals surface area contributed by atoms with Crippen molar-refractivity contribution < 1.29 is 15.0 Å². The van der Waals surface area contributed by atoms with E-state index >= 15 is 0 Å². The number of hydrogen-bond donors (Lipinski definition) is 3. The molecule has 0 aromatic heterocycles. The Morgan fingerprint density at radius 2 is 1.90 bits per heavy atom. The van der Waals surface area contributed by atoms with Crippen molar-refractivity contribution in [1.82, 2.24) is 5.32 Å². The van der Waals surface area contributed by atoms with E-state index in [4.69, 9.17) is 11.6 Å². The van der Waals surface area contributed by atoms with Gasteiger partial charge in [0.2, 0.25) is 0 Å². The summed E-state index contributed by atoms with van der Waals surface area (Å²) in [6.07, 6.45) is 0.504. The van der Waals surface area contributed by atoms with Crippen LogP contribution in [0.25, 0.3) is 0 Å². The number of carbonyl (C=O) groups excluding carboxylic acids is 1. The first-order valence-corrected chi connectivity index (χ1v) is 6.92. The fourth-order valence-corrected chi connectivity index (χ4v) is 2.19. The molecule has 0 saturated carbocycles. The zero-order valence-electron chi connectivity index (χ0n) is 11.3. The largest absolute Gasteiger partial charge is 0.507 e. The molecule has 0 aliphatic rings. The molecular weight excluding hydrogens is 290 g/mol. The molecule has 0 fully saturated rings. The van der Waals surface area contributed by atoms with E-state index < -0.39 is 11.9 Å². The van der Waals surface area contributed by atoms with Gasteiger partial charge in [-0.1, -0.05) is 41.9 Å². The van der Waals surface area contributed by atoms with Gasteiger partial charge >= 0.3 is 0 Å². The Hall–Kier alpha value is -2.04. The Balaban J connectivity index is 2.07. The van der Waals surface area contributed by atoms with E-state index in [2.05, 4.69) is 5.32 Å². The van der Waals surface area contributed by atoms with Crippen LogP contribution in [-0.2, 0) is 6.42 Å². The number of phenolic OH excluding ortho intramolecular Hbond substituents is 1. The van der Waals surface area contributed by atoms with Gasteiger partial charge in [0.1, 0.15) is 5.75 Å². The average molecular weight is 306 g/mol. The third-order valence-electron chi connectivity index (χ3n) is 3.08. The van der Waals surface area contributed by atoms with Crippen molar-refractivity contribution in [3.63, 3.8) is 0 Å². The molecule has 2 aromatic carbocycles. The first kappa shape index (κ1) is 15.4. The van der Waals surface area contributed by atoms with Gasteiger partial charge in [-0.05, 0) is 30.2 Å². The van der Waals surface area contributed by atoms with Gasteiger partial charge in [0, 0.05) is 5.02 Å². The number of carbonyl (C=O) groups is 1. The summed E-state index contributed by atoms with van der Waals surface area (Å²) >= 11 is 5.82. The van der Waals surface area contributed by atoms with Crippen molar-refractivity contribution in [2.45, 2.75) is 12.5 Å². The normalized spacial score (nSPS) is 11.9. The topological polar surface area (TPSA) is 69.6 Å². The van der Waals surface area contributed by atoms with Crippen LogP contribution in [0.15, 0.2) is 48.5 Å². The Bertz CT molecular complexity index is 616. The maximum Gasteiger partial charge on any atom is 0.255 e. The van der Waals surface area contributed by atoms with Crippen molar-refractivity contribution in [1.29, 1.82) is 0 Å². The second-order valence-electron chi connectivity index (χ2n) is 4.70. The Morgan fingerprint density at radius 3 is 2.57 bits per heavy atom. The third-order valence-corrected chi connectivity index (χ3v) is 3.32. The van der Waals surface area contributed by atoms with E-state index in [-0.39, 0.29) is 17.9 Å². The molecule has 0 spiro atoms. The Kier molecular flexibility index (Phi) is 5.20. The number of nitrogens with one attached hydrogen (secondary N) is 1. The number of hydrogen-bond acceptors (Lipinski definition) is 3. The first-order chi connectivity index (χ1) is 10.1. The summed E-state index contributed by atoms with van der Waals surface area (Å²) in [6, 6.07) is 13.4. The third kappa shape index (κ3) is 4.21. The van der Waals surface area contributed by atoms with Crippen LogP contribution in [-0.4, -0.2) is 28.8 Å². The molecule has 0 aliphatic carbocycles. The molecule has 110 valence electrons. The van der Waals surface area contributed by atoms with Gasteiger partial charge in [-0.25, -0.2) is 0 Å². The fraction of sp³-hybridized carbons (Fsp3) is 0.188. The lowest BCUT2D eigenvalue weighted by molar-refractivity contribution is 0.0914. The van der Waals surface area contributed by atoms with E-state index in [0.717, 1.165) is 5.56 Å². The van der Waals surface area contributed by atoms with Crippen LogP contribution >= 0.6 is 11.6 Å². The van der Waals surface area contributed by atoms with Gasteiger partial charge in [0.15, 0.2) is 0 Å². The zero-order chi connectivity index (χ0) is 15.2. The number of amides is 1. The highest BCUT2D eigenvalue weighted by molar-refractivity contribution is 6.31. The van der Waals surface area contributed by atoms with Crippen LogP contribution in [0.2, 0.25) is 5.02 Å². The number of aliphatic hydroxyl groups is 1. The number of benzene rings is 2. The molecule has 4 nitrogen and oxygen atoms in total. The summed E-state index contributed by atoms with van der Waals surface area (Å²) in [5.41, 5.74) is 1.10. The number of halogens is 1. The summed E-state index contributed by atoms with van der Waals surface area (Å²) in [4.78, 5) is 12.1. The predicted molar refractivity (Wildman–Crippen MR) is 81.6 cm³/mol. The van der Waals surface area contributed by atoms with Crippen molar-refractivity contribution in [2.75, 3.05) is 6.61 Å². The van der Waals surface area contributed by atoms with Crippen LogP contribution in [0.1, 0.15) is 15.9 Å². The highest BCUT2D eigenvalue weighted by Crippen LogP contribution is 2.21. The molecule has 0 bridgehead atoms. The highest BCUT2D eigenvalue weighted by Gasteiger charge is 2.16. The molecule has 0 heterocycles. The lowest BCUT2D eigenvalue weighted by Crippen LogP contribution is -2.39. The van der Waals surface area contributed by atoms with Crippen molar-refractivity contribution in [2.24, 2.45) is 0 Å². The number of phenols is 1.